The Labute approximate surface area is 194 Å². The summed E-state index contributed by atoms with van der Waals surface area (Å²) in [6, 6.07) is 8.03. The first-order chi connectivity index (χ1) is 16.3. The minimum atomic E-state index is -8.64. The van der Waals surface area contributed by atoms with Crippen molar-refractivity contribution in [1.82, 2.24) is 0 Å². The number of halogens is 17. The fourth-order valence-corrected chi connectivity index (χ4v) is 2.85. The van der Waals surface area contributed by atoms with Crippen LogP contribution >= 0.6 is 0 Å². The molecule has 0 saturated heterocycles. The van der Waals surface area contributed by atoms with Gasteiger partial charge in [-0.15, -0.1) is 0 Å². The number of benzene rings is 2. The maximum absolute atomic E-state index is 14.3. The van der Waals surface area contributed by atoms with Gasteiger partial charge in [0.25, 0.3) is 0 Å². The van der Waals surface area contributed by atoms with Crippen LogP contribution in [0.2, 0.25) is 0 Å². The largest absolute Gasteiger partial charge is 0.460 e. The molecule has 0 aromatic heterocycles. The first-order valence-electron chi connectivity index (χ1n) is 9.19. The lowest BCUT2D eigenvalue weighted by Gasteiger charge is -2.42. The molecule has 0 aliphatic carbocycles. The van der Waals surface area contributed by atoms with Gasteiger partial charge in [0.05, 0.1) is 0 Å². The highest BCUT2D eigenvalue weighted by Gasteiger charge is 2.95. The first-order valence-corrected chi connectivity index (χ1v) is 9.19. The van der Waals surface area contributed by atoms with Crippen LogP contribution in [0.4, 0.5) is 74.6 Å². The van der Waals surface area contributed by atoms with Crippen molar-refractivity contribution in [3.63, 3.8) is 0 Å². The summed E-state index contributed by atoms with van der Waals surface area (Å²) in [5, 5.41) is 0. The van der Waals surface area contributed by atoms with Crippen LogP contribution in [0.25, 0.3) is 11.1 Å². The third-order valence-corrected chi connectivity index (χ3v) is 5.08. The molecule has 0 amide bonds. The molecule has 0 aliphatic rings. The summed E-state index contributed by atoms with van der Waals surface area (Å²) < 4.78 is 227. The van der Waals surface area contributed by atoms with Crippen LogP contribution in [0.5, 0.6) is 0 Å². The van der Waals surface area contributed by atoms with Gasteiger partial charge in [-0.25, -0.2) is 0 Å². The second-order valence-corrected chi connectivity index (χ2v) is 7.46. The lowest BCUT2D eigenvalue weighted by molar-refractivity contribution is -0.462. The third-order valence-electron chi connectivity index (χ3n) is 5.08. The highest BCUT2D eigenvalue weighted by atomic mass is 19.4. The summed E-state index contributed by atoms with van der Waals surface area (Å²) in [6.07, 6.45) is -7.78. The van der Waals surface area contributed by atoms with Crippen molar-refractivity contribution in [3.8, 4) is 11.1 Å². The standard InChI is InChI=1S/C20H9F17/c21-13(22,12-8-6-11(7-9-12)10-4-2-1-3-5-10)14(23,24)15(25,26)16(27,28)17(29,30)18(31,32)19(33,34)20(35,36)37/h1-9H. The molecule has 2 aromatic carbocycles. The molecule has 0 radical (unpaired) electrons. The SMILES string of the molecule is FC(F)(F)C(F)(F)C(F)(F)C(F)(F)C(F)(F)C(F)(F)C(F)(F)C(F)(F)c1ccc(-c2ccccc2)cc1. The van der Waals surface area contributed by atoms with E-state index in [1.807, 2.05) is 0 Å². The molecule has 17 heteroatoms. The summed E-state index contributed by atoms with van der Waals surface area (Å²) in [4.78, 5) is 0. The lowest BCUT2D eigenvalue weighted by atomic mass is 9.87. The van der Waals surface area contributed by atoms with Crippen molar-refractivity contribution in [1.29, 1.82) is 0 Å². The fraction of sp³-hybridized carbons (Fsp3) is 0.400. The Balaban J connectivity index is 2.58. The Hall–Kier alpha value is -2.75. The molecular formula is C20H9F17. The van der Waals surface area contributed by atoms with Gasteiger partial charge >= 0.3 is 47.6 Å². The molecule has 0 spiro atoms. The number of hydrogen-bond donors (Lipinski definition) is 0. The molecule has 0 atom stereocenters. The highest BCUT2D eigenvalue weighted by Crippen LogP contribution is 2.65. The highest BCUT2D eigenvalue weighted by molar-refractivity contribution is 5.63. The van der Waals surface area contributed by atoms with Gasteiger partial charge < -0.3 is 0 Å². The van der Waals surface area contributed by atoms with Crippen LogP contribution in [-0.2, 0) is 5.92 Å². The third kappa shape index (κ3) is 4.17. The van der Waals surface area contributed by atoms with E-state index in [4.69, 9.17) is 0 Å². The van der Waals surface area contributed by atoms with Crippen molar-refractivity contribution in [2.45, 2.75) is 47.6 Å². The summed E-state index contributed by atoms with van der Waals surface area (Å²) in [6.45, 7) is 0. The van der Waals surface area contributed by atoms with Crippen molar-refractivity contribution < 1.29 is 74.6 Å². The van der Waals surface area contributed by atoms with Gasteiger partial charge in [0, 0.05) is 5.56 Å². The van der Waals surface area contributed by atoms with Crippen LogP contribution in [0, 0.1) is 0 Å². The second-order valence-electron chi connectivity index (χ2n) is 7.46. The van der Waals surface area contributed by atoms with Crippen molar-refractivity contribution >= 4 is 0 Å². The summed E-state index contributed by atoms with van der Waals surface area (Å²) in [7, 11) is 0. The molecule has 2 rings (SSSR count). The molecule has 0 saturated carbocycles. The van der Waals surface area contributed by atoms with Gasteiger partial charge in [0.15, 0.2) is 0 Å². The van der Waals surface area contributed by atoms with Gasteiger partial charge in [-0.3, -0.25) is 0 Å². The first kappa shape index (κ1) is 30.5. The Morgan fingerprint density at radius 2 is 0.649 bits per heavy atom. The monoisotopic (exact) mass is 572 g/mol. The predicted molar refractivity (Wildman–Crippen MR) is 91.5 cm³/mol. The van der Waals surface area contributed by atoms with E-state index >= 15 is 0 Å². The fourth-order valence-electron chi connectivity index (χ4n) is 2.85. The zero-order valence-corrected chi connectivity index (χ0v) is 17.1. The lowest BCUT2D eigenvalue weighted by Crippen LogP contribution is -2.74. The van der Waals surface area contributed by atoms with E-state index in [1.165, 1.54) is 30.3 Å². The minimum absolute atomic E-state index is 0.0406. The molecule has 0 N–H and O–H groups in total. The Kier molecular flexibility index (Phi) is 7.12. The second kappa shape index (κ2) is 8.64. The number of alkyl halides is 17. The number of hydrogen-bond acceptors (Lipinski definition) is 0. The molecule has 0 nitrogen and oxygen atoms in total. The molecule has 0 unspecified atom stereocenters. The quantitative estimate of drug-likeness (QED) is 0.278. The molecule has 0 fully saturated rings. The normalized spacial score (nSPS) is 15.2. The summed E-state index contributed by atoms with van der Waals surface area (Å²) in [5.74, 6) is -56.6. The Bertz CT molecular complexity index is 1080. The Morgan fingerprint density at radius 3 is 1.03 bits per heavy atom. The van der Waals surface area contributed by atoms with Gasteiger partial charge in [-0.05, 0) is 11.1 Å². The van der Waals surface area contributed by atoms with Crippen LogP contribution in [0.15, 0.2) is 54.6 Å². The van der Waals surface area contributed by atoms with Gasteiger partial charge in [0.2, 0.25) is 0 Å². The molecule has 0 heterocycles. The zero-order chi connectivity index (χ0) is 29.1. The van der Waals surface area contributed by atoms with Crippen LogP contribution < -0.4 is 0 Å². The van der Waals surface area contributed by atoms with Gasteiger partial charge in [0.1, 0.15) is 0 Å². The molecule has 37 heavy (non-hydrogen) atoms. The molecular weight excluding hydrogens is 563 g/mol. The molecule has 0 bridgehead atoms. The van der Waals surface area contributed by atoms with E-state index in [9.17, 15) is 74.6 Å². The minimum Gasteiger partial charge on any atom is -0.194 e. The van der Waals surface area contributed by atoms with E-state index in [2.05, 4.69) is 0 Å². The van der Waals surface area contributed by atoms with Crippen LogP contribution in [0.3, 0.4) is 0 Å². The van der Waals surface area contributed by atoms with E-state index < -0.39 is 53.2 Å². The average molecular weight is 572 g/mol. The topological polar surface area (TPSA) is 0 Å². The van der Waals surface area contributed by atoms with E-state index in [0.717, 1.165) is 0 Å². The molecule has 0 aliphatic heterocycles. The van der Waals surface area contributed by atoms with Crippen molar-refractivity contribution in [2.24, 2.45) is 0 Å². The van der Waals surface area contributed by atoms with E-state index in [1.54, 1.807) is 0 Å². The van der Waals surface area contributed by atoms with Crippen molar-refractivity contribution in [3.05, 3.63) is 60.2 Å². The van der Waals surface area contributed by atoms with Crippen molar-refractivity contribution in [2.75, 3.05) is 0 Å². The van der Waals surface area contributed by atoms with Crippen LogP contribution in [-0.4, -0.2) is 41.7 Å². The smallest absolute Gasteiger partial charge is 0.194 e. The zero-order valence-electron chi connectivity index (χ0n) is 17.1. The van der Waals surface area contributed by atoms with Crippen LogP contribution in [0.1, 0.15) is 5.56 Å². The van der Waals surface area contributed by atoms with Gasteiger partial charge in [-0.1, -0.05) is 54.6 Å². The molecule has 2 aromatic rings. The maximum atomic E-state index is 14.3. The summed E-state index contributed by atoms with van der Waals surface area (Å²) >= 11 is 0. The van der Waals surface area contributed by atoms with E-state index in [-0.39, 0.29) is 23.3 Å². The average Bonchev–Trinajstić information content (AvgIpc) is 2.78. The number of rotatable bonds is 8. The predicted octanol–water partition coefficient (Wildman–Crippen LogP) is 8.82. The van der Waals surface area contributed by atoms with Gasteiger partial charge in [-0.2, -0.15) is 74.6 Å². The van der Waals surface area contributed by atoms with E-state index in [0.29, 0.717) is 12.1 Å². The maximum Gasteiger partial charge on any atom is 0.460 e. The Morgan fingerprint density at radius 1 is 0.324 bits per heavy atom. The molecule has 208 valence electrons. The summed E-state index contributed by atoms with van der Waals surface area (Å²) in [5.41, 5.74) is -2.06.